The summed E-state index contributed by atoms with van der Waals surface area (Å²) >= 11 is 12.0. The molecule has 0 unspecified atom stereocenters. The van der Waals surface area contributed by atoms with E-state index in [0.717, 1.165) is 4.31 Å². The van der Waals surface area contributed by atoms with Crippen LogP contribution in [0.25, 0.3) is 0 Å². The Kier molecular flexibility index (Phi) is 5.95. The van der Waals surface area contributed by atoms with Crippen molar-refractivity contribution < 1.29 is 23.1 Å². The lowest BCUT2D eigenvalue weighted by atomic mass is 10.2. The third kappa shape index (κ3) is 4.43. The number of sulfonamides is 1. The largest absolute Gasteiger partial charge is 0.486 e. The maximum Gasteiger partial charge on any atom is 0.335 e. The van der Waals surface area contributed by atoms with Crippen LogP contribution in [0.1, 0.15) is 15.9 Å². The Morgan fingerprint density at radius 3 is 2.28 bits per heavy atom. The summed E-state index contributed by atoms with van der Waals surface area (Å²) < 4.78 is 31.0. The van der Waals surface area contributed by atoms with Gasteiger partial charge in [-0.05, 0) is 29.8 Å². The van der Waals surface area contributed by atoms with Gasteiger partial charge in [-0.15, -0.1) is 0 Å². The fourth-order valence-corrected chi connectivity index (χ4v) is 3.55. The standard InChI is InChI=1S/C16H15Cl2NO5S/c1-19(2)25(22,23)12-5-3-4-10(6-12)9-24-15-13(17)7-11(16(20)21)8-14(15)18/h3-8H,9H2,1-2H3,(H,20,21). The van der Waals surface area contributed by atoms with Crippen LogP contribution in [0, 0.1) is 0 Å². The Bertz CT molecular complexity index is 889. The van der Waals surface area contributed by atoms with Crippen molar-refractivity contribution in [3.05, 3.63) is 57.6 Å². The van der Waals surface area contributed by atoms with Crippen LogP contribution >= 0.6 is 23.2 Å². The van der Waals surface area contributed by atoms with Gasteiger partial charge >= 0.3 is 5.97 Å². The van der Waals surface area contributed by atoms with Crippen molar-refractivity contribution >= 4 is 39.2 Å². The molecule has 0 aliphatic carbocycles. The van der Waals surface area contributed by atoms with Gasteiger partial charge in [-0.2, -0.15) is 0 Å². The van der Waals surface area contributed by atoms with Gasteiger partial charge in [-0.3, -0.25) is 0 Å². The van der Waals surface area contributed by atoms with E-state index in [1.807, 2.05) is 0 Å². The second kappa shape index (κ2) is 7.61. The molecule has 0 aromatic heterocycles. The molecule has 0 saturated heterocycles. The Balaban J connectivity index is 2.24. The maximum atomic E-state index is 12.2. The first-order valence-electron chi connectivity index (χ1n) is 6.99. The summed E-state index contributed by atoms with van der Waals surface area (Å²) in [5, 5.41) is 9.08. The molecule has 0 fully saturated rings. The van der Waals surface area contributed by atoms with Crippen LogP contribution in [0.15, 0.2) is 41.3 Å². The fraction of sp³-hybridized carbons (Fsp3) is 0.188. The average Bonchev–Trinajstić information content (AvgIpc) is 2.53. The molecule has 0 amide bonds. The summed E-state index contributed by atoms with van der Waals surface area (Å²) in [7, 11) is -0.660. The molecule has 0 saturated carbocycles. The van der Waals surface area contributed by atoms with E-state index in [-0.39, 0.29) is 32.9 Å². The first kappa shape index (κ1) is 19.5. The van der Waals surface area contributed by atoms with E-state index in [1.165, 1.54) is 38.4 Å². The van der Waals surface area contributed by atoms with Gasteiger partial charge < -0.3 is 9.84 Å². The first-order valence-corrected chi connectivity index (χ1v) is 9.19. The number of carboxylic acid groups (broad SMARTS) is 1. The molecule has 25 heavy (non-hydrogen) atoms. The highest BCUT2D eigenvalue weighted by Crippen LogP contribution is 2.35. The number of hydrogen-bond donors (Lipinski definition) is 1. The molecule has 6 nitrogen and oxygen atoms in total. The lowest BCUT2D eigenvalue weighted by Gasteiger charge is -2.14. The number of hydrogen-bond acceptors (Lipinski definition) is 4. The topological polar surface area (TPSA) is 83.9 Å². The van der Waals surface area contributed by atoms with Gasteiger partial charge in [-0.25, -0.2) is 17.5 Å². The van der Waals surface area contributed by atoms with Crippen LogP contribution in [-0.4, -0.2) is 37.9 Å². The summed E-state index contributed by atoms with van der Waals surface area (Å²) in [6.45, 7) is 0.0165. The Hall–Kier alpha value is -1.80. The molecule has 1 N–H and O–H groups in total. The number of nitrogens with zero attached hydrogens (tertiary/aromatic N) is 1. The second-order valence-corrected chi connectivity index (χ2v) is 8.26. The summed E-state index contributed by atoms with van der Waals surface area (Å²) in [5.41, 5.74) is 0.541. The number of ether oxygens (including phenoxy) is 1. The third-order valence-corrected chi connectivity index (χ3v) is 5.68. The van der Waals surface area contributed by atoms with Crippen LogP contribution in [-0.2, 0) is 16.6 Å². The van der Waals surface area contributed by atoms with Gasteiger partial charge in [0.25, 0.3) is 0 Å². The molecule has 2 aromatic carbocycles. The number of aromatic carboxylic acids is 1. The van der Waals surface area contributed by atoms with Gasteiger partial charge in [0.2, 0.25) is 10.0 Å². The molecule has 0 radical (unpaired) electrons. The van der Waals surface area contributed by atoms with Gasteiger partial charge in [-0.1, -0.05) is 35.3 Å². The molecular weight excluding hydrogens is 389 g/mol. The molecule has 0 aliphatic rings. The quantitative estimate of drug-likeness (QED) is 0.797. The van der Waals surface area contributed by atoms with Gasteiger partial charge in [0, 0.05) is 14.1 Å². The van der Waals surface area contributed by atoms with Crippen molar-refractivity contribution in [3.8, 4) is 5.75 Å². The van der Waals surface area contributed by atoms with E-state index in [9.17, 15) is 13.2 Å². The van der Waals surface area contributed by atoms with Crippen LogP contribution in [0.4, 0.5) is 0 Å². The molecule has 0 heterocycles. The van der Waals surface area contributed by atoms with Crippen molar-refractivity contribution in [2.24, 2.45) is 0 Å². The highest BCUT2D eigenvalue weighted by Gasteiger charge is 2.18. The molecular formula is C16H15Cl2NO5S. The molecule has 0 aliphatic heterocycles. The lowest BCUT2D eigenvalue weighted by Crippen LogP contribution is -2.22. The van der Waals surface area contributed by atoms with E-state index in [0.29, 0.717) is 5.56 Å². The number of benzene rings is 2. The Morgan fingerprint density at radius 1 is 1.16 bits per heavy atom. The van der Waals surface area contributed by atoms with Gasteiger partial charge in [0.1, 0.15) is 6.61 Å². The van der Waals surface area contributed by atoms with Crippen LogP contribution in [0.5, 0.6) is 5.75 Å². The Morgan fingerprint density at radius 2 is 1.76 bits per heavy atom. The maximum absolute atomic E-state index is 12.2. The first-order chi connectivity index (χ1) is 11.6. The minimum Gasteiger partial charge on any atom is -0.486 e. The van der Waals surface area contributed by atoms with Crippen molar-refractivity contribution in [2.75, 3.05) is 14.1 Å². The normalized spacial score (nSPS) is 11.6. The zero-order chi connectivity index (χ0) is 18.8. The summed E-state index contributed by atoms with van der Waals surface area (Å²) in [5.74, 6) is -1.02. The van der Waals surface area contributed by atoms with Crippen LogP contribution in [0.3, 0.4) is 0 Å². The van der Waals surface area contributed by atoms with Crippen molar-refractivity contribution in [1.29, 1.82) is 0 Å². The number of carboxylic acids is 1. The van der Waals surface area contributed by atoms with Gasteiger partial charge in [0.05, 0.1) is 20.5 Å². The Labute approximate surface area is 155 Å². The van der Waals surface area contributed by atoms with E-state index in [2.05, 4.69) is 0 Å². The molecule has 2 aromatic rings. The number of carbonyl (C=O) groups is 1. The zero-order valence-corrected chi connectivity index (χ0v) is 15.7. The molecule has 2 rings (SSSR count). The van der Waals surface area contributed by atoms with Crippen LogP contribution in [0.2, 0.25) is 10.0 Å². The molecule has 134 valence electrons. The van der Waals surface area contributed by atoms with E-state index in [1.54, 1.807) is 12.1 Å². The summed E-state index contributed by atoms with van der Waals surface area (Å²) in [4.78, 5) is 11.1. The van der Waals surface area contributed by atoms with Crippen molar-refractivity contribution in [3.63, 3.8) is 0 Å². The SMILES string of the molecule is CN(C)S(=O)(=O)c1cccc(COc2c(Cl)cc(C(=O)O)cc2Cl)c1. The lowest BCUT2D eigenvalue weighted by molar-refractivity contribution is 0.0697. The van der Waals surface area contributed by atoms with E-state index in [4.69, 9.17) is 33.0 Å². The van der Waals surface area contributed by atoms with Crippen molar-refractivity contribution in [2.45, 2.75) is 11.5 Å². The van der Waals surface area contributed by atoms with Crippen LogP contribution < -0.4 is 4.74 Å². The molecule has 9 heteroatoms. The molecule has 0 atom stereocenters. The highest BCUT2D eigenvalue weighted by molar-refractivity contribution is 7.89. The number of rotatable bonds is 6. The number of halogens is 2. The predicted molar refractivity (Wildman–Crippen MR) is 95.1 cm³/mol. The third-order valence-electron chi connectivity index (χ3n) is 3.31. The zero-order valence-electron chi connectivity index (χ0n) is 13.4. The van der Waals surface area contributed by atoms with Gasteiger partial charge in [0.15, 0.2) is 5.75 Å². The highest BCUT2D eigenvalue weighted by atomic mass is 35.5. The summed E-state index contributed by atoms with van der Waals surface area (Å²) in [6, 6.07) is 8.74. The molecule has 0 spiro atoms. The second-order valence-electron chi connectivity index (χ2n) is 5.30. The molecule has 0 bridgehead atoms. The minimum atomic E-state index is -3.55. The van der Waals surface area contributed by atoms with E-state index >= 15 is 0 Å². The smallest absolute Gasteiger partial charge is 0.335 e. The van der Waals surface area contributed by atoms with E-state index < -0.39 is 16.0 Å². The fourth-order valence-electron chi connectivity index (χ4n) is 1.98. The average molecular weight is 404 g/mol. The minimum absolute atomic E-state index is 0.0165. The summed E-state index contributed by atoms with van der Waals surface area (Å²) in [6.07, 6.45) is 0. The monoisotopic (exact) mass is 403 g/mol. The van der Waals surface area contributed by atoms with Crippen molar-refractivity contribution in [1.82, 2.24) is 4.31 Å². The predicted octanol–water partition coefficient (Wildman–Crippen LogP) is 3.52.